The molecule has 2 aliphatic heterocycles. The Morgan fingerprint density at radius 2 is 1.91 bits per heavy atom. The van der Waals surface area contributed by atoms with E-state index in [-0.39, 0.29) is 41.5 Å². The number of fused-ring (bicyclic) bond motifs is 3. The molecule has 3 atom stereocenters. The van der Waals surface area contributed by atoms with E-state index >= 15 is 0 Å². The first-order valence-electron chi connectivity index (χ1n) is 13.6. The number of amides is 2. The van der Waals surface area contributed by atoms with E-state index in [0.717, 1.165) is 0 Å². The highest BCUT2D eigenvalue weighted by Gasteiger charge is 2.45. The molecular weight excluding hydrogens is 562 g/mol. The number of hydrogen-bond acceptors (Lipinski definition) is 9. The van der Waals surface area contributed by atoms with Gasteiger partial charge in [-0.25, -0.2) is 0 Å². The van der Waals surface area contributed by atoms with Crippen LogP contribution in [0.4, 0.5) is 0 Å². The molecule has 44 heavy (non-hydrogen) atoms. The maximum atomic E-state index is 13.7. The van der Waals surface area contributed by atoms with E-state index in [1.807, 2.05) is 24.3 Å². The number of carboxylic acids is 1. The SMILES string of the molecule is CNC(=O)COc1ccc(C2=C(C#N)C3N=C4C=CC=CC4N3C(NC(=O)c3cccc(C[C@H](N)C(=O)O)c3)=C2C#N)cc1. The third kappa shape index (κ3) is 5.70. The molecule has 3 aliphatic rings. The van der Waals surface area contributed by atoms with Gasteiger partial charge in [-0.3, -0.25) is 19.4 Å². The topological polar surface area (TPSA) is 194 Å². The van der Waals surface area contributed by atoms with Crippen LogP contribution in [0.15, 0.2) is 94.8 Å². The van der Waals surface area contributed by atoms with Crippen LogP contribution in [0.25, 0.3) is 5.57 Å². The van der Waals surface area contributed by atoms with Gasteiger partial charge in [0.15, 0.2) is 12.8 Å². The van der Waals surface area contributed by atoms with Crippen LogP contribution in [0.5, 0.6) is 5.75 Å². The minimum absolute atomic E-state index is 0.0223. The molecule has 0 radical (unpaired) electrons. The summed E-state index contributed by atoms with van der Waals surface area (Å²) in [5.74, 6) is -1.41. The second-order valence-electron chi connectivity index (χ2n) is 10.0. The Morgan fingerprint density at radius 1 is 1.14 bits per heavy atom. The maximum absolute atomic E-state index is 13.7. The van der Waals surface area contributed by atoms with Gasteiger partial charge in [-0.05, 0) is 47.9 Å². The summed E-state index contributed by atoms with van der Waals surface area (Å²) in [5.41, 5.74) is 8.26. The van der Waals surface area contributed by atoms with E-state index in [9.17, 15) is 30.0 Å². The summed E-state index contributed by atoms with van der Waals surface area (Å²) in [6.45, 7) is -0.179. The summed E-state index contributed by atoms with van der Waals surface area (Å²) in [7, 11) is 1.50. The Kier molecular flexibility index (Phi) is 8.37. The molecule has 0 saturated heterocycles. The number of aliphatic imine (C=N–C) groups is 1. The summed E-state index contributed by atoms with van der Waals surface area (Å²) in [5, 5.41) is 35.4. The van der Waals surface area contributed by atoms with Crippen LogP contribution in [0.1, 0.15) is 21.5 Å². The minimum atomic E-state index is -1.16. The lowest BCUT2D eigenvalue weighted by Gasteiger charge is -2.37. The van der Waals surface area contributed by atoms with E-state index in [1.54, 1.807) is 53.4 Å². The molecule has 0 bridgehead atoms. The smallest absolute Gasteiger partial charge is 0.320 e. The van der Waals surface area contributed by atoms with Gasteiger partial charge in [-0.2, -0.15) is 10.5 Å². The number of hydrogen-bond donors (Lipinski definition) is 4. The molecule has 0 fully saturated rings. The number of ether oxygens (including phenoxy) is 1. The van der Waals surface area contributed by atoms with E-state index < -0.39 is 30.1 Å². The average molecular weight is 590 g/mol. The first kappa shape index (κ1) is 29.5. The molecule has 220 valence electrons. The second-order valence-corrected chi connectivity index (χ2v) is 10.0. The average Bonchev–Trinajstić information content (AvgIpc) is 3.43. The quantitative estimate of drug-likeness (QED) is 0.337. The summed E-state index contributed by atoms with van der Waals surface area (Å²) >= 11 is 0. The molecule has 1 aliphatic carbocycles. The molecular formula is C32H27N7O5. The largest absolute Gasteiger partial charge is 0.484 e. The fourth-order valence-electron chi connectivity index (χ4n) is 5.16. The van der Waals surface area contributed by atoms with Crippen molar-refractivity contribution in [1.82, 2.24) is 15.5 Å². The number of nitrogens with one attached hydrogen (secondary N) is 2. The Labute approximate surface area is 252 Å². The zero-order valence-corrected chi connectivity index (χ0v) is 23.5. The first-order chi connectivity index (χ1) is 21.2. The van der Waals surface area contributed by atoms with Gasteiger partial charge in [0.2, 0.25) is 0 Å². The highest BCUT2D eigenvalue weighted by atomic mass is 16.5. The molecule has 5 N–H and O–H groups in total. The lowest BCUT2D eigenvalue weighted by Crippen LogP contribution is -2.47. The summed E-state index contributed by atoms with van der Waals surface area (Å²) in [4.78, 5) is 43.0. The molecule has 2 heterocycles. The fraction of sp³-hybridized carbons (Fsp3) is 0.188. The van der Waals surface area contributed by atoms with Crippen molar-refractivity contribution in [1.29, 1.82) is 10.5 Å². The zero-order chi connectivity index (χ0) is 31.4. The summed E-state index contributed by atoms with van der Waals surface area (Å²) < 4.78 is 5.50. The number of nitrogens with two attached hydrogens (primary N) is 1. The number of carbonyl (C=O) groups excluding carboxylic acids is 2. The molecule has 2 aromatic rings. The van der Waals surface area contributed by atoms with Crippen LogP contribution < -0.4 is 21.1 Å². The third-order valence-electron chi connectivity index (χ3n) is 7.30. The van der Waals surface area contributed by atoms with Gasteiger partial charge >= 0.3 is 5.97 Å². The van der Waals surface area contributed by atoms with Crippen molar-refractivity contribution in [3.63, 3.8) is 0 Å². The highest BCUT2D eigenvalue weighted by molar-refractivity contribution is 6.05. The van der Waals surface area contributed by atoms with Crippen molar-refractivity contribution in [2.24, 2.45) is 10.7 Å². The predicted octanol–water partition coefficient (Wildman–Crippen LogP) is 1.80. The van der Waals surface area contributed by atoms with E-state index in [4.69, 9.17) is 15.5 Å². The van der Waals surface area contributed by atoms with Crippen molar-refractivity contribution in [2.45, 2.75) is 24.7 Å². The first-order valence-corrected chi connectivity index (χ1v) is 13.6. The number of carboxylic acid groups (broad SMARTS) is 1. The van der Waals surface area contributed by atoms with E-state index in [1.165, 1.54) is 7.05 Å². The highest BCUT2D eigenvalue weighted by Crippen LogP contribution is 2.42. The Hall–Kier alpha value is -5.98. The number of aliphatic carboxylic acids is 1. The van der Waals surface area contributed by atoms with Crippen LogP contribution >= 0.6 is 0 Å². The molecule has 12 heteroatoms. The lowest BCUT2D eigenvalue weighted by atomic mass is 9.88. The van der Waals surface area contributed by atoms with Gasteiger partial charge in [0, 0.05) is 18.2 Å². The van der Waals surface area contributed by atoms with Gasteiger partial charge in [-0.15, -0.1) is 0 Å². The number of benzene rings is 2. The Balaban J connectivity index is 1.56. The van der Waals surface area contributed by atoms with Gasteiger partial charge in [-0.1, -0.05) is 42.5 Å². The molecule has 2 amide bonds. The number of rotatable bonds is 9. The number of likely N-dealkylation sites (N-methyl/N-ethyl adjacent to an activating group) is 1. The summed E-state index contributed by atoms with van der Waals surface area (Å²) in [6, 6.07) is 15.9. The Bertz CT molecular complexity index is 1770. The van der Waals surface area contributed by atoms with Crippen LogP contribution in [0.2, 0.25) is 0 Å². The monoisotopic (exact) mass is 589 g/mol. The van der Waals surface area contributed by atoms with E-state index in [2.05, 4.69) is 22.8 Å². The van der Waals surface area contributed by atoms with Gasteiger partial charge in [0.1, 0.15) is 29.3 Å². The lowest BCUT2D eigenvalue weighted by molar-refractivity contribution is -0.138. The molecule has 2 unspecified atom stereocenters. The standard InChI is InChI=1S/C32H27N7O5/c1-36-27(40)17-44-21-11-9-19(10-12-21)28-22(15-33)29-37-25-7-2-3-8-26(25)39(29)30(23(28)16-34)38-31(41)20-6-4-5-18(13-20)14-24(35)32(42)43/h2-13,24,26,29H,14,17,35H2,1H3,(H,36,40)(H,38,41)(H,42,43)/t24-,26?,29?/m0/s1. The van der Waals surface area contributed by atoms with Gasteiger partial charge < -0.3 is 31.1 Å². The van der Waals surface area contributed by atoms with Gasteiger partial charge in [0.05, 0.1) is 23.4 Å². The van der Waals surface area contributed by atoms with E-state index in [0.29, 0.717) is 28.2 Å². The predicted molar refractivity (Wildman–Crippen MR) is 160 cm³/mol. The third-order valence-corrected chi connectivity index (χ3v) is 7.30. The summed E-state index contributed by atoms with van der Waals surface area (Å²) in [6.07, 6.45) is 6.54. The van der Waals surface area contributed by atoms with Crippen LogP contribution in [-0.4, -0.2) is 65.4 Å². The number of allylic oxidation sites excluding steroid dienone is 4. The maximum Gasteiger partial charge on any atom is 0.320 e. The van der Waals surface area contributed by atoms with Crippen LogP contribution in [0.3, 0.4) is 0 Å². The number of nitriles is 2. The van der Waals surface area contributed by atoms with Crippen LogP contribution in [-0.2, 0) is 16.0 Å². The zero-order valence-electron chi connectivity index (χ0n) is 23.5. The fourth-order valence-corrected chi connectivity index (χ4v) is 5.16. The molecule has 0 aromatic heterocycles. The second kappa shape index (κ2) is 12.5. The van der Waals surface area contributed by atoms with Crippen molar-refractivity contribution >= 4 is 29.1 Å². The van der Waals surface area contributed by atoms with Crippen molar-refractivity contribution in [2.75, 3.05) is 13.7 Å². The Morgan fingerprint density at radius 3 is 2.59 bits per heavy atom. The van der Waals surface area contributed by atoms with Crippen LogP contribution in [0, 0.1) is 22.7 Å². The van der Waals surface area contributed by atoms with Crippen molar-refractivity contribution in [3.05, 3.63) is 106 Å². The number of nitrogens with zero attached hydrogens (tertiary/aromatic N) is 4. The van der Waals surface area contributed by atoms with Gasteiger partial charge in [0.25, 0.3) is 11.8 Å². The van der Waals surface area contributed by atoms with Crippen molar-refractivity contribution < 1.29 is 24.2 Å². The minimum Gasteiger partial charge on any atom is -0.484 e. The molecule has 12 nitrogen and oxygen atoms in total. The molecule has 2 aromatic carbocycles. The molecule has 0 spiro atoms. The van der Waals surface area contributed by atoms with Crippen molar-refractivity contribution in [3.8, 4) is 17.9 Å². The molecule has 5 rings (SSSR count). The number of carbonyl (C=O) groups is 3. The molecule has 0 saturated carbocycles. The normalized spacial score (nSPS) is 18.8.